The van der Waals surface area contributed by atoms with Crippen molar-refractivity contribution in [3.8, 4) is 0 Å². The van der Waals surface area contributed by atoms with Gasteiger partial charge in [0, 0.05) is 5.54 Å². The molecule has 2 aromatic heterocycles. The minimum absolute atomic E-state index is 0.110. The monoisotopic (exact) mass is 363 g/mol. The molecule has 0 fully saturated rings. The largest absolute Gasteiger partial charge is 0.459 e. The standard InChI is InChI=1S/C17H21N3O4S/c1-10-8-13(19-15(22)11-6-5-7-24-11)25-14(10)16(23)18-9-12(21)20-17(2,3)4/h5-8H,9H2,1-4H3,(H,18,23)(H,19,22)(H,20,21). The molecule has 0 atom stereocenters. The highest BCUT2D eigenvalue weighted by atomic mass is 32.1. The molecule has 2 aromatic rings. The number of carbonyl (C=O) groups excluding carboxylic acids is 3. The van der Waals surface area contributed by atoms with Crippen molar-refractivity contribution in [1.82, 2.24) is 10.6 Å². The van der Waals surface area contributed by atoms with Crippen LogP contribution in [-0.2, 0) is 4.79 Å². The van der Waals surface area contributed by atoms with E-state index in [-0.39, 0.29) is 35.6 Å². The van der Waals surface area contributed by atoms with E-state index in [2.05, 4.69) is 16.0 Å². The van der Waals surface area contributed by atoms with Crippen molar-refractivity contribution in [3.05, 3.63) is 40.7 Å². The summed E-state index contributed by atoms with van der Waals surface area (Å²) in [5.74, 6) is -0.815. The number of furan rings is 1. The molecule has 3 N–H and O–H groups in total. The first-order chi connectivity index (χ1) is 11.7. The van der Waals surface area contributed by atoms with Gasteiger partial charge in [-0.25, -0.2) is 0 Å². The molecule has 0 aromatic carbocycles. The number of hydrogen-bond donors (Lipinski definition) is 3. The molecule has 25 heavy (non-hydrogen) atoms. The SMILES string of the molecule is Cc1cc(NC(=O)c2ccco2)sc1C(=O)NCC(=O)NC(C)(C)C. The second-order valence-corrected chi connectivity index (χ2v) is 7.59. The van der Waals surface area contributed by atoms with Crippen LogP contribution >= 0.6 is 11.3 Å². The molecular weight excluding hydrogens is 342 g/mol. The summed E-state index contributed by atoms with van der Waals surface area (Å²) in [5.41, 5.74) is 0.359. The predicted molar refractivity (Wildman–Crippen MR) is 95.9 cm³/mol. The van der Waals surface area contributed by atoms with Gasteiger partial charge in [-0.3, -0.25) is 14.4 Å². The second kappa shape index (κ2) is 7.52. The lowest BCUT2D eigenvalue weighted by Gasteiger charge is -2.20. The highest BCUT2D eigenvalue weighted by Crippen LogP contribution is 2.27. The van der Waals surface area contributed by atoms with Crippen molar-refractivity contribution < 1.29 is 18.8 Å². The maximum Gasteiger partial charge on any atom is 0.291 e. The molecule has 0 saturated carbocycles. The summed E-state index contributed by atoms with van der Waals surface area (Å²) in [6.07, 6.45) is 1.41. The minimum atomic E-state index is -0.386. The zero-order valence-corrected chi connectivity index (χ0v) is 15.4. The number of carbonyl (C=O) groups is 3. The van der Waals surface area contributed by atoms with Crippen LogP contribution in [0.25, 0.3) is 0 Å². The Bertz CT molecular complexity index is 772. The van der Waals surface area contributed by atoms with Crippen LogP contribution in [0, 0.1) is 6.92 Å². The lowest BCUT2D eigenvalue weighted by atomic mass is 10.1. The quantitative estimate of drug-likeness (QED) is 0.760. The van der Waals surface area contributed by atoms with Gasteiger partial charge in [-0.2, -0.15) is 0 Å². The number of amides is 3. The van der Waals surface area contributed by atoms with E-state index >= 15 is 0 Å². The van der Waals surface area contributed by atoms with Crippen molar-refractivity contribution in [3.63, 3.8) is 0 Å². The highest BCUT2D eigenvalue weighted by molar-refractivity contribution is 7.18. The summed E-state index contributed by atoms with van der Waals surface area (Å²) in [4.78, 5) is 36.4. The van der Waals surface area contributed by atoms with E-state index in [1.165, 1.54) is 6.26 Å². The summed E-state index contributed by atoms with van der Waals surface area (Å²) >= 11 is 1.14. The molecule has 2 rings (SSSR count). The lowest BCUT2D eigenvalue weighted by molar-refractivity contribution is -0.121. The Labute approximate surface area is 149 Å². The number of anilines is 1. The third-order valence-electron chi connectivity index (χ3n) is 3.03. The molecule has 0 spiro atoms. The normalized spacial score (nSPS) is 11.0. The number of thiophene rings is 1. The van der Waals surface area contributed by atoms with Gasteiger partial charge in [0.05, 0.1) is 22.7 Å². The van der Waals surface area contributed by atoms with Gasteiger partial charge in [-0.05, 0) is 51.5 Å². The maximum atomic E-state index is 12.3. The average molecular weight is 363 g/mol. The molecule has 0 radical (unpaired) electrons. The van der Waals surface area contributed by atoms with Crippen LogP contribution in [0.15, 0.2) is 28.9 Å². The first-order valence-corrected chi connectivity index (χ1v) is 8.52. The smallest absolute Gasteiger partial charge is 0.291 e. The summed E-state index contributed by atoms with van der Waals surface area (Å²) in [6, 6.07) is 4.88. The Morgan fingerprint density at radius 3 is 2.52 bits per heavy atom. The summed E-state index contributed by atoms with van der Waals surface area (Å²) < 4.78 is 5.03. The first-order valence-electron chi connectivity index (χ1n) is 7.70. The maximum absolute atomic E-state index is 12.3. The first kappa shape index (κ1) is 18.7. The van der Waals surface area contributed by atoms with E-state index in [0.717, 1.165) is 11.3 Å². The van der Waals surface area contributed by atoms with Gasteiger partial charge < -0.3 is 20.4 Å². The average Bonchev–Trinajstić information content (AvgIpc) is 3.12. The fourth-order valence-corrected chi connectivity index (χ4v) is 3.04. The van der Waals surface area contributed by atoms with Crippen molar-refractivity contribution in [2.75, 3.05) is 11.9 Å². The van der Waals surface area contributed by atoms with Crippen molar-refractivity contribution in [2.45, 2.75) is 33.2 Å². The topological polar surface area (TPSA) is 100 Å². The molecule has 0 unspecified atom stereocenters. The number of hydrogen-bond acceptors (Lipinski definition) is 5. The Balaban J connectivity index is 1.96. The lowest BCUT2D eigenvalue weighted by Crippen LogP contribution is -2.45. The molecule has 2 heterocycles. The van der Waals surface area contributed by atoms with E-state index < -0.39 is 0 Å². The van der Waals surface area contributed by atoms with Crippen LogP contribution in [0.5, 0.6) is 0 Å². The molecule has 134 valence electrons. The van der Waals surface area contributed by atoms with Crippen LogP contribution in [-0.4, -0.2) is 29.8 Å². The van der Waals surface area contributed by atoms with Crippen LogP contribution in [0.3, 0.4) is 0 Å². The Kier molecular flexibility index (Phi) is 5.63. The molecular formula is C17H21N3O4S. The minimum Gasteiger partial charge on any atom is -0.459 e. The van der Waals surface area contributed by atoms with Gasteiger partial charge in [-0.15, -0.1) is 11.3 Å². The molecule has 0 aliphatic carbocycles. The summed E-state index contributed by atoms with van der Waals surface area (Å²) in [6.45, 7) is 7.25. The molecule has 0 aliphatic rings. The van der Waals surface area contributed by atoms with Crippen LogP contribution in [0.1, 0.15) is 46.6 Å². The zero-order chi connectivity index (χ0) is 18.6. The Morgan fingerprint density at radius 2 is 1.92 bits per heavy atom. The van der Waals surface area contributed by atoms with E-state index in [1.54, 1.807) is 25.1 Å². The second-order valence-electron chi connectivity index (χ2n) is 6.54. The van der Waals surface area contributed by atoms with Gasteiger partial charge in [0.25, 0.3) is 11.8 Å². The molecule has 0 bridgehead atoms. The molecule has 0 saturated heterocycles. The molecule has 8 heteroatoms. The summed E-state index contributed by atoms with van der Waals surface area (Å²) in [7, 11) is 0. The third kappa shape index (κ3) is 5.46. The Hall–Kier alpha value is -2.61. The van der Waals surface area contributed by atoms with E-state index in [1.807, 2.05) is 20.8 Å². The number of aryl methyl sites for hydroxylation is 1. The Morgan fingerprint density at radius 1 is 1.20 bits per heavy atom. The van der Waals surface area contributed by atoms with Crippen LogP contribution in [0.4, 0.5) is 5.00 Å². The van der Waals surface area contributed by atoms with Gasteiger partial charge in [0.15, 0.2) is 5.76 Å². The number of rotatable bonds is 5. The number of nitrogens with one attached hydrogen (secondary N) is 3. The van der Waals surface area contributed by atoms with Gasteiger partial charge in [0.1, 0.15) is 0 Å². The highest BCUT2D eigenvalue weighted by Gasteiger charge is 2.18. The molecule has 7 nitrogen and oxygen atoms in total. The molecule has 0 aliphatic heterocycles. The van der Waals surface area contributed by atoms with Crippen LogP contribution in [0.2, 0.25) is 0 Å². The van der Waals surface area contributed by atoms with E-state index in [0.29, 0.717) is 15.4 Å². The predicted octanol–water partition coefficient (Wildman–Crippen LogP) is 2.55. The van der Waals surface area contributed by atoms with Gasteiger partial charge in [-0.1, -0.05) is 0 Å². The van der Waals surface area contributed by atoms with Crippen molar-refractivity contribution in [1.29, 1.82) is 0 Å². The molecule has 3 amide bonds. The van der Waals surface area contributed by atoms with Gasteiger partial charge >= 0.3 is 0 Å². The van der Waals surface area contributed by atoms with E-state index in [9.17, 15) is 14.4 Å². The van der Waals surface area contributed by atoms with Gasteiger partial charge in [0.2, 0.25) is 5.91 Å². The van der Waals surface area contributed by atoms with Crippen molar-refractivity contribution >= 4 is 34.1 Å². The van der Waals surface area contributed by atoms with Crippen molar-refractivity contribution in [2.24, 2.45) is 0 Å². The third-order valence-corrected chi connectivity index (χ3v) is 4.18. The van der Waals surface area contributed by atoms with E-state index in [4.69, 9.17) is 4.42 Å². The van der Waals surface area contributed by atoms with Crippen LogP contribution < -0.4 is 16.0 Å². The fraction of sp³-hybridized carbons (Fsp3) is 0.353. The fourth-order valence-electron chi connectivity index (χ4n) is 2.05. The zero-order valence-electron chi connectivity index (χ0n) is 14.6. The summed E-state index contributed by atoms with van der Waals surface area (Å²) in [5, 5.41) is 8.57.